The Balaban J connectivity index is 0.00000192. The number of carbonyl (C=O) groups is 1. The number of halogens is 1. The fraction of sp³-hybridized carbons (Fsp3) is 0.812. The Bertz CT molecular complexity index is 541. The zero-order chi connectivity index (χ0) is 15.7. The van der Waals surface area contributed by atoms with Gasteiger partial charge < -0.3 is 10.2 Å². The molecule has 0 radical (unpaired) electrons. The van der Waals surface area contributed by atoms with E-state index in [0.717, 1.165) is 44.6 Å². The fourth-order valence-electron chi connectivity index (χ4n) is 3.69. The number of rotatable bonds is 2. The highest BCUT2D eigenvalue weighted by molar-refractivity contribution is 5.93. The molecule has 1 N–H and O–H groups in total. The maximum Gasteiger partial charge on any atom is 0.276 e. The van der Waals surface area contributed by atoms with Crippen LogP contribution in [0.1, 0.15) is 61.8 Å². The summed E-state index contributed by atoms with van der Waals surface area (Å²) < 4.78 is 1.96. The molecule has 0 bridgehead atoms. The monoisotopic (exact) mass is 341 g/mol. The van der Waals surface area contributed by atoms with Crippen LogP contribution in [-0.4, -0.2) is 51.5 Å². The summed E-state index contributed by atoms with van der Waals surface area (Å²) in [7, 11) is 0. The molecule has 1 aromatic rings. The quantitative estimate of drug-likeness (QED) is 0.895. The Labute approximate surface area is 144 Å². The highest BCUT2D eigenvalue weighted by Crippen LogP contribution is 2.26. The van der Waals surface area contributed by atoms with Crippen LogP contribution in [-0.2, 0) is 0 Å². The summed E-state index contributed by atoms with van der Waals surface area (Å²) in [6.45, 7) is 9.20. The number of hydrogen-bond acceptors (Lipinski definition) is 4. The van der Waals surface area contributed by atoms with Crippen LogP contribution in [0.3, 0.4) is 0 Å². The van der Waals surface area contributed by atoms with Crippen LogP contribution in [0.2, 0.25) is 0 Å². The van der Waals surface area contributed by atoms with E-state index in [1.165, 1.54) is 6.42 Å². The highest BCUT2D eigenvalue weighted by Gasteiger charge is 2.32. The second-order valence-electron chi connectivity index (χ2n) is 6.81. The predicted molar refractivity (Wildman–Crippen MR) is 92.0 cm³/mol. The largest absolute Gasteiger partial charge is 0.334 e. The number of piperidine rings is 2. The van der Waals surface area contributed by atoms with Gasteiger partial charge in [0, 0.05) is 12.6 Å². The standard InChI is InChI=1S/C16H27N5O.ClH/c1-11-5-4-10-20(12(11)2)16(22)15-13(3)21(19-18-15)14-6-8-17-9-7-14;/h11-12,14,17H,4-10H2,1-3H3;1H. The summed E-state index contributed by atoms with van der Waals surface area (Å²) in [4.78, 5) is 14.9. The predicted octanol–water partition coefficient (Wildman–Crippen LogP) is 2.19. The van der Waals surface area contributed by atoms with Gasteiger partial charge in [-0.15, -0.1) is 17.5 Å². The van der Waals surface area contributed by atoms with Crippen LogP contribution < -0.4 is 5.32 Å². The van der Waals surface area contributed by atoms with Crippen molar-refractivity contribution >= 4 is 18.3 Å². The van der Waals surface area contributed by atoms with E-state index in [1.807, 2.05) is 16.5 Å². The molecule has 0 saturated carbocycles. The van der Waals surface area contributed by atoms with Crippen molar-refractivity contribution in [2.75, 3.05) is 19.6 Å². The second kappa shape index (κ2) is 7.62. The molecule has 1 amide bonds. The Morgan fingerprint density at radius 1 is 1.22 bits per heavy atom. The molecule has 2 unspecified atom stereocenters. The van der Waals surface area contributed by atoms with Gasteiger partial charge in [-0.1, -0.05) is 12.1 Å². The van der Waals surface area contributed by atoms with Gasteiger partial charge in [0.1, 0.15) is 0 Å². The minimum absolute atomic E-state index is 0. The Hall–Kier alpha value is -1.14. The lowest BCUT2D eigenvalue weighted by Gasteiger charge is -2.37. The summed E-state index contributed by atoms with van der Waals surface area (Å²) in [5, 5.41) is 11.9. The maximum absolute atomic E-state index is 12.9. The van der Waals surface area contributed by atoms with Crippen LogP contribution in [0.5, 0.6) is 0 Å². The van der Waals surface area contributed by atoms with Gasteiger partial charge in [-0.05, 0) is 58.5 Å². The Kier molecular flexibility index (Phi) is 6.03. The molecular formula is C16H28ClN5O. The molecule has 6 nitrogen and oxygen atoms in total. The van der Waals surface area contributed by atoms with Crippen LogP contribution >= 0.6 is 12.4 Å². The number of amides is 1. The van der Waals surface area contributed by atoms with Gasteiger partial charge in [0.15, 0.2) is 5.69 Å². The summed E-state index contributed by atoms with van der Waals surface area (Å²) >= 11 is 0. The Morgan fingerprint density at radius 3 is 2.61 bits per heavy atom. The van der Waals surface area contributed by atoms with E-state index in [0.29, 0.717) is 17.7 Å². The van der Waals surface area contributed by atoms with Crippen molar-refractivity contribution in [2.45, 2.75) is 58.5 Å². The van der Waals surface area contributed by atoms with Crippen molar-refractivity contribution < 1.29 is 4.79 Å². The summed E-state index contributed by atoms with van der Waals surface area (Å²) in [5.74, 6) is 0.606. The van der Waals surface area contributed by atoms with Crippen LogP contribution in [0, 0.1) is 12.8 Å². The van der Waals surface area contributed by atoms with Gasteiger partial charge >= 0.3 is 0 Å². The summed E-state index contributed by atoms with van der Waals surface area (Å²) in [5.41, 5.74) is 1.46. The molecule has 2 aliphatic rings. The first-order chi connectivity index (χ1) is 10.6. The molecular weight excluding hydrogens is 314 g/mol. The lowest BCUT2D eigenvalue weighted by molar-refractivity contribution is 0.0544. The first kappa shape index (κ1) is 18.2. The number of hydrogen-bond donors (Lipinski definition) is 1. The van der Waals surface area contributed by atoms with Crippen molar-refractivity contribution in [3.8, 4) is 0 Å². The van der Waals surface area contributed by atoms with Crippen molar-refractivity contribution in [3.05, 3.63) is 11.4 Å². The molecule has 3 heterocycles. The Morgan fingerprint density at radius 2 is 1.91 bits per heavy atom. The summed E-state index contributed by atoms with van der Waals surface area (Å²) in [6.07, 6.45) is 4.38. The van der Waals surface area contributed by atoms with E-state index in [9.17, 15) is 4.79 Å². The smallest absolute Gasteiger partial charge is 0.276 e. The SMILES string of the molecule is Cc1c(C(=O)N2CCCC(C)C2C)nnn1C1CCNCC1.Cl. The number of likely N-dealkylation sites (tertiary alicyclic amines) is 1. The molecule has 2 fully saturated rings. The van der Waals surface area contributed by atoms with E-state index in [-0.39, 0.29) is 24.4 Å². The average molecular weight is 342 g/mol. The molecule has 1 aromatic heterocycles. The first-order valence-corrected chi connectivity index (χ1v) is 8.53. The number of nitrogens with one attached hydrogen (secondary N) is 1. The maximum atomic E-state index is 12.9. The molecule has 0 aliphatic carbocycles. The molecule has 3 rings (SSSR count). The van der Waals surface area contributed by atoms with E-state index in [4.69, 9.17) is 0 Å². The van der Waals surface area contributed by atoms with Crippen LogP contribution in [0.15, 0.2) is 0 Å². The van der Waals surface area contributed by atoms with Crippen molar-refractivity contribution in [1.82, 2.24) is 25.2 Å². The fourth-order valence-corrected chi connectivity index (χ4v) is 3.69. The molecule has 2 saturated heterocycles. The number of aromatic nitrogens is 3. The van der Waals surface area contributed by atoms with E-state index in [1.54, 1.807) is 0 Å². The van der Waals surface area contributed by atoms with E-state index >= 15 is 0 Å². The third kappa shape index (κ3) is 3.53. The van der Waals surface area contributed by atoms with Gasteiger partial charge in [-0.3, -0.25) is 4.79 Å². The van der Waals surface area contributed by atoms with Gasteiger partial charge in [0.05, 0.1) is 11.7 Å². The van der Waals surface area contributed by atoms with Crippen molar-refractivity contribution in [1.29, 1.82) is 0 Å². The van der Waals surface area contributed by atoms with Crippen molar-refractivity contribution in [3.63, 3.8) is 0 Å². The molecule has 2 aliphatic heterocycles. The molecule has 0 spiro atoms. The van der Waals surface area contributed by atoms with Gasteiger partial charge in [0.25, 0.3) is 5.91 Å². The molecule has 0 aromatic carbocycles. The first-order valence-electron chi connectivity index (χ1n) is 8.53. The zero-order valence-electron chi connectivity index (χ0n) is 14.3. The normalized spacial score (nSPS) is 26.0. The second-order valence-corrected chi connectivity index (χ2v) is 6.81. The van der Waals surface area contributed by atoms with Crippen LogP contribution in [0.4, 0.5) is 0 Å². The third-order valence-corrected chi connectivity index (χ3v) is 5.42. The lowest BCUT2D eigenvalue weighted by Crippen LogP contribution is -2.46. The molecule has 130 valence electrons. The summed E-state index contributed by atoms with van der Waals surface area (Å²) in [6, 6.07) is 0.651. The minimum Gasteiger partial charge on any atom is -0.334 e. The van der Waals surface area contributed by atoms with Crippen LogP contribution in [0.25, 0.3) is 0 Å². The molecule has 2 atom stereocenters. The number of carbonyl (C=O) groups excluding carboxylic acids is 1. The average Bonchev–Trinajstić information content (AvgIpc) is 2.92. The highest BCUT2D eigenvalue weighted by atomic mass is 35.5. The van der Waals surface area contributed by atoms with E-state index in [2.05, 4.69) is 29.5 Å². The number of nitrogens with zero attached hydrogens (tertiary/aromatic N) is 4. The molecule has 23 heavy (non-hydrogen) atoms. The van der Waals surface area contributed by atoms with Gasteiger partial charge in [-0.25, -0.2) is 4.68 Å². The van der Waals surface area contributed by atoms with Gasteiger partial charge in [-0.2, -0.15) is 0 Å². The topological polar surface area (TPSA) is 63.1 Å². The minimum atomic E-state index is 0. The zero-order valence-corrected chi connectivity index (χ0v) is 15.1. The molecule has 7 heteroatoms. The van der Waals surface area contributed by atoms with Crippen molar-refractivity contribution in [2.24, 2.45) is 5.92 Å². The third-order valence-electron chi connectivity index (χ3n) is 5.42. The lowest BCUT2D eigenvalue weighted by atomic mass is 9.92. The van der Waals surface area contributed by atoms with E-state index < -0.39 is 0 Å². The van der Waals surface area contributed by atoms with Gasteiger partial charge in [0.2, 0.25) is 0 Å².